The zero-order valence-corrected chi connectivity index (χ0v) is 19.8. The number of pyridine rings is 1. The Morgan fingerprint density at radius 1 is 1.15 bits per heavy atom. The van der Waals surface area contributed by atoms with E-state index in [-0.39, 0.29) is 11.1 Å². The normalized spacial score (nSPS) is 20.2. The molecule has 1 radical (unpaired) electrons. The van der Waals surface area contributed by atoms with Crippen molar-refractivity contribution in [2.75, 3.05) is 33.4 Å². The quantitative estimate of drug-likeness (QED) is 0.533. The largest absolute Gasteiger partial charge is 0.379 e. The standard InChI is InChI=1S/C26H30N6O2/c1-19-10-20(13-30-8-3-4-9-30)14-32-23(19)15-31(25(32)33)22-7-5-6-21(11-22)26(16-34-17-26)12-24-28-27-18-29(24)2/h5-7,10-11,14-15,18H,3-4,8-9,12-13,16-17H2,1-2H3/q+1. The third-order valence-corrected chi connectivity index (χ3v) is 7.42. The van der Waals surface area contributed by atoms with Gasteiger partial charge in [0, 0.05) is 30.8 Å². The fraction of sp³-hybridized carbons (Fsp3) is 0.423. The molecular formula is C26H30N6O2+. The SMILES string of the molecule is Cc1cc(CN2CCCC2)cn2c(=O)n(-c3cccc(C4(C[C]5N=NC=[N+]5C)COC4)c3)cc12. The molecule has 2 aromatic heterocycles. The number of hydrogen-bond acceptors (Lipinski definition) is 5. The predicted molar refractivity (Wildman–Crippen MR) is 130 cm³/mol. The van der Waals surface area contributed by atoms with E-state index < -0.39 is 0 Å². The fourth-order valence-corrected chi connectivity index (χ4v) is 5.38. The first kappa shape index (κ1) is 21.4. The fourth-order valence-electron chi connectivity index (χ4n) is 5.38. The minimum atomic E-state index is -0.154. The highest BCUT2D eigenvalue weighted by Gasteiger charge is 2.46. The van der Waals surface area contributed by atoms with Crippen molar-refractivity contribution in [1.82, 2.24) is 13.9 Å². The lowest BCUT2D eigenvalue weighted by Gasteiger charge is -2.42. The summed E-state index contributed by atoms with van der Waals surface area (Å²) < 4.78 is 11.2. The molecule has 34 heavy (non-hydrogen) atoms. The molecule has 8 nitrogen and oxygen atoms in total. The van der Waals surface area contributed by atoms with Crippen LogP contribution in [0.1, 0.15) is 36.0 Å². The number of rotatable bonds is 6. The maximum absolute atomic E-state index is 13.5. The van der Waals surface area contributed by atoms with Crippen LogP contribution in [0.3, 0.4) is 0 Å². The number of ether oxygens (including phenoxy) is 1. The summed E-state index contributed by atoms with van der Waals surface area (Å²) in [7, 11) is 1.96. The first-order valence-electron chi connectivity index (χ1n) is 12.0. The van der Waals surface area contributed by atoms with Gasteiger partial charge in [0.1, 0.15) is 0 Å². The van der Waals surface area contributed by atoms with E-state index in [0.717, 1.165) is 54.6 Å². The summed E-state index contributed by atoms with van der Waals surface area (Å²) in [5, 5.41) is 8.31. The minimum Gasteiger partial charge on any atom is -0.379 e. The molecule has 0 N–H and O–H groups in total. The van der Waals surface area contributed by atoms with Crippen molar-refractivity contribution in [3.05, 3.63) is 76.1 Å². The molecule has 0 spiro atoms. The van der Waals surface area contributed by atoms with Crippen LogP contribution in [0, 0.1) is 13.1 Å². The summed E-state index contributed by atoms with van der Waals surface area (Å²) in [6.45, 7) is 6.53. The van der Waals surface area contributed by atoms with E-state index in [1.807, 2.05) is 36.1 Å². The number of benzene rings is 1. The van der Waals surface area contributed by atoms with Crippen LogP contribution in [-0.2, 0) is 16.7 Å². The highest BCUT2D eigenvalue weighted by Crippen LogP contribution is 2.40. The predicted octanol–water partition coefficient (Wildman–Crippen LogP) is 3.28. The van der Waals surface area contributed by atoms with Crippen LogP contribution in [0.4, 0.5) is 0 Å². The zero-order valence-electron chi connectivity index (χ0n) is 19.8. The molecule has 0 unspecified atom stereocenters. The van der Waals surface area contributed by atoms with Gasteiger partial charge in [-0.2, -0.15) is 0 Å². The lowest BCUT2D eigenvalue weighted by Crippen LogP contribution is -2.48. The monoisotopic (exact) mass is 458 g/mol. The maximum atomic E-state index is 13.5. The average Bonchev–Trinajstić information content (AvgIpc) is 3.53. The van der Waals surface area contributed by atoms with Gasteiger partial charge in [0.2, 0.25) is 0 Å². The minimum absolute atomic E-state index is 0.0364. The van der Waals surface area contributed by atoms with Crippen LogP contribution in [0.25, 0.3) is 11.2 Å². The summed E-state index contributed by atoms with van der Waals surface area (Å²) in [4.78, 5) is 15.9. The molecule has 0 saturated carbocycles. The molecule has 3 aliphatic heterocycles. The number of aromatic nitrogens is 2. The second kappa shape index (κ2) is 8.29. The molecule has 6 rings (SSSR count). The second-order valence-electron chi connectivity index (χ2n) is 9.91. The van der Waals surface area contributed by atoms with E-state index in [0.29, 0.717) is 13.2 Å². The van der Waals surface area contributed by atoms with Gasteiger partial charge in [0.15, 0.2) is 0 Å². The molecular weight excluding hydrogens is 428 g/mol. The average molecular weight is 459 g/mol. The Hall–Kier alpha value is -3.10. The van der Waals surface area contributed by atoms with Crippen LogP contribution in [0.15, 0.2) is 57.7 Å². The Morgan fingerprint density at radius 3 is 2.68 bits per heavy atom. The smallest absolute Gasteiger partial charge is 0.337 e. The number of azo groups is 1. The molecule has 8 heteroatoms. The van der Waals surface area contributed by atoms with E-state index >= 15 is 0 Å². The summed E-state index contributed by atoms with van der Waals surface area (Å²) in [5.41, 5.74) is 5.10. The summed E-state index contributed by atoms with van der Waals surface area (Å²) in [6.07, 6.45) is 9.90. The number of nitrogens with zero attached hydrogens (tertiary/aromatic N) is 6. The van der Waals surface area contributed by atoms with Gasteiger partial charge in [-0.1, -0.05) is 18.2 Å². The third kappa shape index (κ3) is 3.61. The van der Waals surface area contributed by atoms with Crippen molar-refractivity contribution >= 4 is 11.9 Å². The van der Waals surface area contributed by atoms with Crippen LogP contribution >= 0.6 is 0 Å². The van der Waals surface area contributed by atoms with Crippen LogP contribution in [0.5, 0.6) is 0 Å². The number of imidazole rings is 1. The Kier molecular flexibility index (Phi) is 5.22. The van der Waals surface area contributed by atoms with E-state index in [1.54, 1.807) is 15.3 Å². The van der Waals surface area contributed by atoms with E-state index in [4.69, 9.17) is 4.74 Å². The highest BCUT2D eigenvalue weighted by atomic mass is 16.5. The van der Waals surface area contributed by atoms with E-state index in [2.05, 4.69) is 40.3 Å². The van der Waals surface area contributed by atoms with E-state index in [9.17, 15) is 4.79 Å². The number of likely N-dealkylation sites (tertiary alicyclic amines) is 1. The molecule has 0 amide bonds. The van der Waals surface area contributed by atoms with Gasteiger partial charge in [-0.3, -0.25) is 13.9 Å². The van der Waals surface area contributed by atoms with Gasteiger partial charge >= 0.3 is 18.2 Å². The maximum Gasteiger partial charge on any atom is 0.337 e. The summed E-state index contributed by atoms with van der Waals surface area (Å²) in [6, 6.07) is 10.5. The molecule has 2 fully saturated rings. The molecule has 5 heterocycles. The number of aryl methyl sites for hydroxylation is 1. The zero-order chi connectivity index (χ0) is 23.3. The molecule has 3 aromatic rings. The van der Waals surface area contributed by atoms with Gasteiger partial charge in [-0.05, 0) is 66.8 Å². The summed E-state index contributed by atoms with van der Waals surface area (Å²) >= 11 is 0. The highest BCUT2D eigenvalue weighted by molar-refractivity contribution is 5.56. The van der Waals surface area contributed by atoms with Crippen molar-refractivity contribution in [3.8, 4) is 5.69 Å². The van der Waals surface area contributed by atoms with Gasteiger partial charge < -0.3 is 4.74 Å². The Labute approximate surface area is 198 Å². The van der Waals surface area contributed by atoms with Crippen LogP contribution in [-0.4, -0.2) is 58.1 Å². The molecule has 0 aliphatic carbocycles. The molecule has 1 aromatic carbocycles. The van der Waals surface area contributed by atoms with Crippen molar-refractivity contribution in [2.45, 2.75) is 38.1 Å². The van der Waals surface area contributed by atoms with Crippen molar-refractivity contribution in [3.63, 3.8) is 0 Å². The van der Waals surface area contributed by atoms with Crippen molar-refractivity contribution < 1.29 is 9.31 Å². The van der Waals surface area contributed by atoms with Gasteiger partial charge in [-0.15, -0.1) is 0 Å². The van der Waals surface area contributed by atoms with Crippen LogP contribution < -0.4 is 5.69 Å². The van der Waals surface area contributed by atoms with E-state index in [1.165, 1.54) is 18.4 Å². The van der Waals surface area contributed by atoms with Gasteiger partial charge in [0.25, 0.3) is 0 Å². The Morgan fingerprint density at radius 2 is 1.97 bits per heavy atom. The first-order valence-corrected chi connectivity index (χ1v) is 12.0. The van der Waals surface area contributed by atoms with Crippen molar-refractivity contribution in [2.24, 2.45) is 10.2 Å². The molecule has 3 aliphatic rings. The molecule has 0 atom stereocenters. The van der Waals surface area contributed by atoms with Crippen molar-refractivity contribution in [1.29, 1.82) is 0 Å². The van der Waals surface area contributed by atoms with Gasteiger partial charge in [0.05, 0.1) is 36.6 Å². The van der Waals surface area contributed by atoms with Gasteiger partial charge in [-0.25, -0.2) is 9.37 Å². The molecule has 175 valence electrons. The van der Waals surface area contributed by atoms with Crippen LogP contribution in [0.2, 0.25) is 0 Å². The summed E-state index contributed by atoms with van der Waals surface area (Å²) in [5.74, 6) is 0. The second-order valence-corrected chi connectivity index (χ2v) is 9.91. The molecule has 2 saturated heterocycles. The number of hydrogen-bond donors (Lipinski definition) is 0. The first-order chi connectivity index (χ1) is 16.5. The lowest BCUT2D eigenvalue weighted by atomic mass is 9.75. The lowest BCUT2D eigenvalue weighted by molar-refractivity contribution is -0.478. The Balaban J connectivity index is 1.35. The molecule has 0 bridgehead atoms. The number of fused-ring (bicyclic) bond motifs is 1. The topological polar surface area (TPSA) is 66.6 Å². The third-order valence-electron chi connectivity index (χ3n) is 7.42. The Bertz CT molecular complexity index is 1360.